The zero-order valence-electron chi connectivity index (χ0n) is 12.9. The molecule has 1 aromatic rings. The summed E-state index contributed by atoms with van der Waals surface area (Å²) in [7, 11) is 0. The summed E-state index contributed by atoms with van der Waals surface area (Å²) < 4.78 is 5.16. The van der Waals surface area contributed by atoms with E-state index in [1.807, 2.05) is 6.92 Å². The van der Waals surface area contributed by atoms with Crippen molar-refractivity contribution in [1.29, 1.82) is 0 Å². The lowest BCUT2D eigenvalue weighted by atomic mass is 10.0. The van der Waals surface area contributed by atoms with E-state index in [-0.39, 0.29) is 23.4 Å². The average molecular weight is 334 g/mol. The van der Waals surface area contributed by atoms with Gasteiger partial charge in [0.25, 0.3) is 11.1 Å². The third-order valence-electron chi connectivity index (χ3n) is 4.11. The molecule has 1 atom stereocenters. The maximum atomic E-state index is 12.4. The van der Waals surface area contributed by atoms with Gasteiger partial charge in [-0.25, -0.2) is 0 Å². The highest BCUT2D eigenvalue weighted by atomic mass is 32.2. The predicted molar refractivity (Wildman–Crippen MR) is 86.4 cm³/mol. The van der Waals surface area contributed by atoms with Crippen LogP contribution in [0.5, 0.6) is 0 Å². The standard InChI is InChI=1S/C16H18N2O4S/c1-11-5-2-3-7-17(11)14(19)10-18-15(20)13(23-16(18)21)9-12-6-4-8-22-12/h4,6,8-9,11H,2-3,5,7,10H2,1H3/b13-9-/t11-/m1/s1. The molecule has 2 aliphatic rings. The van der Waals surface area contributed by atoms with Crippen molar-refractivity contribution in [3.63, 3.8) is 0 Å². The Labute approximate surface area is 138 Å². The molecule has 0 bridgehead atoms. The van der Waals surface area contributed by atoms with Gasteiger partial charge in [0, 0.05) is 18.7 Å². The van der Waals surface area contributed by atoms with Crippen LogP contribution in [0.15, 0.2) is 27.7 Å². The molecule has 0 aromatic carbocycles. The van der Waals surface area contributed by atoms with Crippen LogP contribution in [-0.4, -0.2) is 46.0 Å². The van der Waals surface area contributed by atoms with E-state index >= 15 is 0 Å². The second kappa shape index (κ2) is 6.62. The van der Waals surface area contributed by atoms with E-state index in [0.717, 1.165) is 35.9 Å². The Morgan fingerprint density at radius 3 is 2.96 bits per heavy atom. The van der Waals surface area contributed by atoms with E-state index in [0.29, 0.717) is 12.3 Å². The summed E-state index contributed by atoms with van der Waals surface area (Å²) in [5, 5.41) is -0.411. The summed E-state index contributed by atoms with van der Waals surface area (Å²) in [5.74, 6) is -0.0976. The van der Waals surface area contributed by atoms with Crippen molar-refractivity contribution in [3.8, 4) is 0 Å². The number of likely N-dealkylation sites (tertiary alicyclic amines) is 1. The van der Waals surface area contributed by atoms with Gasteiger partial charge in [-0.05, 0) is 50.1 Å². The summed E-state index contributed by atoms with van der Waals surface area (Å²) >= 11 is 0.837. The number of imide groups is 1. The molecule has 2 aliphatic heterocycles. The molecular weight excluding hydrogens is 316 g/mol. The van der Waals surface area contributed by atoms with Crippen LogP contribution in [0.2, 0.25) is 0 Å². The molecule has 0 spiro atoms. The molecule has 6 nitrogen and oxygen atoms in total. The number of carbonyl (C=O) groups excluding carboxylic acids is 3. The fourth-order valence-corrected chi connectivity index (χ4v) is 3.65. The number of thioether (sulfide) groups is 1. The van der Waals surface area contributed by atoms with E-state index in [1.165, 1.54) is 12.3 Å². The van der Waals surface area contributed by atoms with Gasteiger partial charge in [0.2, 0.25) is 5.91 Å². The number of nitrogens with zero attached hydrogens (tertiary/aromatic N) is 2. The minimum absolute atomic E-state index is 0.162. The van der Waals surface area contributed by atoms with Gasteiger partial charge in [0.05, 0.1) is 11.2 Å². The maximum absolute atomic E-state index is 12.4. The molecular formula is C16H18N2O4S. The number of rotatable bonds is 3. The van der Waals surface area contributed by atoms with Gasteiger partial charge in [0.15, 0.2) is 0 Å². The molecule has 0 radical (unpaired) electrons. The molecule has 0 unspecified atom stereocenters. The normalized spacial score (nSPS) is 23.9. The lowest BCUT2D eigenvalue weighted by molar-refractivity contribution is -0.138. The second-order valence-corrected chi connectivity index (χ2v) is 6.71. The van der Waals surface area contributed by atoms with Gasteiger partial charge in [-0.2, -0.15) is 0 Å². The minimum atomic E-state index is -0.436. The van der Waals surface area contributed by atoms with Crippen molar-refractivity contribution in [2.75, 3.05) is 13.1 Å². The monoisotopic (exact) mass is 334 g/mol. The zero-order valence-corrected chi connectivity index (χ0v) is 13.7. The Kier molecular flexibility index (Phi) is 4.56. The van der Waals surface area contributed by atoms with Crippen molar-refractivity contribution in [3.05, 3.63) is 29.1 Å². The molecule has 2 fully saturated rings. The van der Waals surface area contributed by atoms with E-state index in [4.69, 9.17) is 4.42 Å². The predicted octanol–water partition coefficient (Wildman–Crippen LogP) is 2.72. The van der Waals surface area contributed by atoms with Gasteiger partial charge in [-0.3, -0.25) is 19.3 Å². The van der Waals surface area contributed by atoms with Crippen molar-refractivity contribution >= 4 is 34.9 Å². The van der Waals surface area contributed by atoms with Crippen molar-refractivity contribution in [1.82, 2.24) is 9.80 Å². The Morgan fingerprint density at radius 2 is 2.26 bits per heavy atom. The highest BCUT2D eigenvalue weighted by Gasteiger charge is 2.38. The molecule has 3 rings (SSSR count). The molecule has 2 saturated heterocycles. The molecule has 3 amide bonds. The number of hydrogen-bond donors (Lipinski definition) is 0. The van der Waals surface area contributed by atoms with Crippen LogP contribution >= 0.6 is 11.8 Å². The quantitative estimate of drug-likeness (QED) is 0.795. The number of furan rings is 1. The SMILES string of the molecule is C[C@@H]1CCCCN1C(=O)CN1C(=O)S/C(=C\c2ccco2)C1=O. The first-order chi connectivity index (χ1) is 11.1. The molecule has 1 aromatic heterocycles. The average Bonchev–Trinajstić information content (AvgIpc) is 3.12. The molecule has 0 aliphatic carbocycles. The maximum Gasteiger partial charge on any atom is 0.294 e. The van der Waals surface area contributed by atoms with E-state index in [9.17, 15) is 14.4 Å². The van der Waals surface area contributed by atoms with Crippen molar-refractivity contribution in [2.24, 2.45) is 0 Å². The Morgan fingerprint density at radius 1 is 1.43 bits per heavy atom. The summed E-state index contributed by atoms with van der Waals surface area (Å²) in [6, 6.07) is 3.57. The fourth-order valence-electron chi connectivity index (χ4n) is 2.83. The van der Waals surface area contributed by atoms with Crippen molar-refractivity contribution < 1.29 is 18.8 Å². The minimum Gasteiger partial charge on any atom is -0.465 e. The third kappa shape index (κ3) is 3.34. The lowest BCUT2D eigenvalue weighted by Crippen LogP contribution is -2.47. The van der Waals surface area contributed by atoms with Crippen LogP contribution in [0.4, 0.5) is 4.79 Å². The van der Waals surface area contributed by atoms with Crippen LogP contribution in [0.25, 0.3) is 6.08 Å². The molecule has 3 heterocycles. The topological polar surface area (TPSA) is 70.8 Å². The smallest absolute Gasteiger partial charge is 0.294 e. The third-order valence-corrected chi connectivity index (χ3v) is 5.01. The van der Waals surface area contributed by atoms with Crippen LogP contribution in [0.1, 0.15) is 31.9 Å². The lowest BCUT2D eigenvalue weighted by Gasteiger charge is -2.34. The summed E-state index contributed by atoms with van der Waals surface area (Å²) in [6.07, 6.45) is 6.07. The van der Waals surface area contributed by atoms with Gasteiger partial charge >= 0.3 is 0 Å². The summed E-state index contributed by atoms with van der Waals surface area (Å²) in [4.78, 5) is 39.9. The number of amides is 3. The number of hydrogen-bond acceptors (Lipinski definition) is 5. The number of piperidine rings is 1. The Balaban J connectivity index is 1.69. The first-order valence-corrected chi connectivity index (χ1v) is 8.46. The first kappa shape index (κ1) is 15.9. The largest absolute Gasteiger partial charge is 0.465 e. The molecule has 7 heteroatoms. The van der Waals surface area contributed by atoms with E-state index < -0.39 is 11.1 Å². The van der Waals surface area contributed by atoms with E-state index in [2.05, 4.69) is 0 Å². The number of carbonyl (C=O) groups is 3. The molecule has 122 valence electrons. The highest BCUT2D eigenvalue weighted by Crippen LogP contribution is 2.32. The first-order valence-electron chi connectivity index (χ1n) is 7.64. The van der Waals surface area contributed by atoms with Gasteiger partial charge in [-0.15, -0.1) is 0 Å². The van der Waals surface area contributed by atoms with Gasteiger partial charge in [0.1, 0.15) is 12.3 Å². The molecule has 0 saturated carbocycles. The van der Waals surface area contributed by atoms with Crippen molar-refractivity contribution in [2.45, 2.75) is 32.2 Å². The fraction of sp³-hybridized carbons (Fsp3) is 0.438. The van der Waals surface area contributed by atoms with Gasteiger partial charge in [-0.1, -0.05) is 0 Å². The molecule has 0 N–H and O–H groups in total. The zero-order chi connectivity index (χ0) is 16.4. The summed E-state index contributed by atoms with van der Waals surface area (Å²) in [5.41, 5.74) is 0. The Hall–Kier alpha value is -2.02. The Bertz CT molecular complexity index is 653. The van der Waals surface area contributed by atoms with Crippen LogP contribution < -0.4 is 0 Å². The van der Waals surface area contributed by atoms with Crippen LogP contribution in [-0.2, 0) is 9.59 Å². The van der Waals surface area contributed by atoms with Crippen LogP contribution in [0, 0.1) is 0 Å². The highest BCUT2D eigenvalue weighted by molar-refractivity contribution is 8.18. The molecule has 23 heavy (non-hydrogen) atoms. The summed E-state index contributed by atoms with van der Waals surface area (Å²) in [6.45, 7) is 2.50. The second-order valence-electron chi connectivity index (χ2n) is 5.72. The van der Waals surface area contributed by atoms with E-state index in [1.54, 1.807) is 17.0 Å². The van der Waals surface area contributed by atoms with Gasteiger partial charge < -0.3 is 9.32 Å². The van der Waals surface area contributed by atoms with Crippen LogP contribution in [0.3, 0.4) is 0 Å².